The first-order valence-corrected chi connectivity index (χ1v) is 19.2. The molecule has 3 heterocycles. The van der Waals surface area contributed by atoms with Gasteiger partial charge in [-0.1, -0.05) is 84.4 Å². The van der Waals surface area contributed by atoms with Gasteiger partial charge in [0.25, 0.3) is 11.8 Å². The van der Waals surface area contributed by atoms with E-state index >= 15 is 4.79 Å². The van der Waals surface area contributed by atoms with Gasteiger partial charge in [0.2, 0.25) is 11.8 Å². The molecular formula is C40H37Cl2F3N4O6. The molecule has 6 atom stereocenters. The Morgan fingerprint density at radius 1 is 0.945 bits per heavy atom. The summed E-state index contributed by atoms with van der Waals surface area (Å²) in [6, 6.07) is 14.0. The van der Waals surface area contributed by atoms with Gasteiger partial charge in [-0.3, -0.25) is 29.5 Å². The molecule has 2 saturated heterocycles. The smallest absolute Gasteiger partial charge is 0.417 e. The van der Waals surface area contributed by atoms with Crippen molar-refractivity contribution < 1.29 is 42.2 Å². The minimum atomic E-state index is -4.74. The van der Waals surface area contributed by atoms with Gasteiger partial charge < -0.3 is 9.84 Å². The first-order valence-electron chi connectivity index (χ1n) is 18.4. The second kappa shape index (κ2) is 14.2. The van der Waals surface area contributed by atoms with E-state index in [1.165, 1.54) is 4.90 Å². The standard InChI is InChI=1S/C40H37Cl2F3N4O6/c41-23-12-10-21(11-13-23)39-29(36(52)49(38(39)54)47-34-30(42)18-22(20-46-34)40(43,44)45)19-28-25(33(39)26-8-4-5-9-31(26)55-17-16-50)14-15-27-32(28)37(53)48(35(27)51)24-6-2-1-3-7-24/h4-5,8-14,18,20,24,27-29,32-33,50H,1-3,6-7,15-17,19H2,(H,46,47). The number of carbonyl (C=O) groups is 4. The summed E-state index contributed by atoms with van der Waals surface area (Å²) in [5, 5.41) is 10.4. The highest BCUT2D eigenvalue weighted by Crippen LogP contribution is 2.65. The molecule has 2 aliphatic heterocycles. The van der Waals surface area contributed by atoms with Gasteiger partial charge in [-0.15, -0.1) is 0 Å². The van der Waals surface area contributed by atoms with Crippen LogP contribution in [0.25, 0.3) is 0 Å². The number of benzene rings is 2. The normalized spacial score (nSPS) is 28.2. The average molecular weight is 798 g/mol. The quantitative estimate of drug-likeness (QED) is 0.183. The zero-order chi connectivity index (χ0) is 38.8. The van der Waals surface area contributed by atoms with Crippen molar-refractivity contribution in [3.63, 3.8) is 0 Å². The third-order valence-electron chi connectivity index (χ3n) is 12.1. The maximum absolute atomic E-state index is 15.4. The molecule has 5 aliphatic rings. The van der Waals surface area contributed by atoms with Crippen LogP contribution in [0.1, 0.15) is 67.6 Å². The van der Waals surface area contributed by atoms with E-state index in [2.05, 4.69) is 10.4 Å². The summed E-state index contributed by atoms with van der Waals surface area (Å²) >= 11 is 12.6. The van der Waals surface area contributed by atoms with E-state index in [0.717, 1.165) is 37.1 Å². The molecule has 288 valence electrons. The SMILES string of the molecule is O=C1C2CC3C(=CCC4C(=O)N(C5CCCCC5)C(=O)C43)C(c3ccccc3OCCO)C2(c2ccc(Cl)cc2)C(=O)N1Nc1ncc(C(F)(F)F)cc1Cl. The van der Waals surface area contributed by atoms with Crippen molar-refractivity contribution in [3.05, 3.63) is 99.2 Å². The molecule has 3 aliphatic carbocycles. The van der Waals surface area contributed by atoms with Crippen molar-refractivity contribution in [3.8, 4) is 5.75 Å². The highest BCUT2D eigenvalue weighted by Gasteiger charge is 2.71. The lowest BCUT2D eigenvalue weighted by molar-refractivity contribution is -0.144. The number of amides is 4. The van der Waals surface area contributed by atoms with Gasteiger partial charge >= 0.3 is 6.18 Å². The molecule has 15 heteroatoms. The van der Waals surface area contributed by atoms with Crippen LogP contribution in [0.2, 0.25) is 10.0 Å². The second-order valence-electron chi connectivity index (χ2n) is 14.9. The number of ether oxygens (including phenoxy) is 1. The van der Waals surface area contributed by atoms with E-state index in [9.17, 15) is 32.7 Å². The van der Waals surface area contributed by atoms with E-state index in [-0.39, 0.29) is 49.7 Å². The number of hydrogen-bond acceptors (Lipinski definition) is 8. The Balaban J connectivity index is 1.31. The average Bonchev–Trinajstić information content (AvgIpc) is 3.55. The molecule has 3 aromatic rings. The van der Waals surface area contributed by atoms with Gasteiger partial charge in [0.05, 0.1) is 40.4 Å². The van der Waals surface area contributed by atoms with Crippen LogP contribution >= 0.6 is 23.2 Å². The summed E-state index contributed by atoms with van der Waals surface area (Å²) in [5.74, 6) is -6.06. The fourth-order valence-corrected chi connectivity index (χ4v) is 10.2. The number of aliphatic hydroxyl groups is 1. The maximum atomic E-state index is 15.4. The molecule has 1 aromatic heterocycles. The number of halogens is 5. The van der Waals surface area contributed by atoms with Crippen molar-refractivity contribution in [1.29, 1.82) is 0 Å². The molecule has 4 fully saturated rings. The third kappa shape index (κ3) is 6.01. The lowest BCUT2D eigenvalue weighted by atomic mass is 9.49. The number of aromatic nitrogens is 1. The van der Waals surface area contributed by atoms with Gasteiger partial charge in [-0.25, -0.2) is 4.98 Å². The van der Waals surface area contributed by atoms with Crippen LogP contribution in [-0.2, 0) is 30.8 Å². The molecule has 10 nitrogen and oxygen atoms in total. The number of anilines is 1. The van der Waals surface area contributed by atoms with Crippen molar-refractivity contribution in [1.82, 2.24) is 14.9 Å². The Morgan fingerprint density at radius 2 is 1.67 bits per heavy atom. The number of nitrogens with one attached hydrogen (secondary N) is 1. The van der Waals surface area contributed by atoms with Crippen molar-refractivity contribution >= 4 is 52.6 Å². The van der Waals surface area contributed by atoms with E-state index in [1.807, 2.05) is 6.08 Å². The number of pyridine rings is 1. The van der Waals surface area contributed by atoms with Gasteiger partial charge in [0.1, 0.15) is 12.4 Å². The number of para-hydroxylation sites is 1. The highest BCUT2D eigenvalue weighted by atomic mass is 35.5. The van der Waals surface area contributed by atoms with Crippen LogP contribution in [0.5, 0.6) is 5.75 Å². The number of rotatable bonds is 8. The predicted molar refractivity (Wildman–Crippen MR) is 195 cm³/mol. The Hall–Kier alpha value is -4.46. The van der Waals surface area contributed by atoms with Crippen LogP contribution in [0.15, 0.2) is 72.4 Å². The van der Waals surface area contributed by atoms with E-state index in [4.69, 9.17) is 27.9 Å². The van der Waals surface area contributed by atoms with E-state index < -0.39 is 63.6 Å². The van der Waals surface area contributed by atoms with Crippen LogP contribution < -0.4 is 10.2 Å². The zero-order valence-corrected chi connectivity index (χ0v) is 30.9. The van der Waals surface area contributed by atoms with Crippen LogP contribution in [0.4, 0.5) is 19.0 Å². The minimum absolute atomic E-state index is 0.0141. The fourth-order valence-electron chi connectivity index (χ4n) is 9.86. The summed E-state index contributed by atoms with van der Waals surface area (Å²) in [7, 11) is 0. The maximum Gasteiger partial charge on any atom is 0.417 e. The molecule has 0 bridgehead atoms. The fraction of sp³-hybridized carbons (Fsp3) is 0.425. The summed E-state index contributed by atoms with van der Waals surface area (Å²) in [5.41, 5.74) is 1.47. The Labute approximate surface area is 324 Å². The van der Waals surface area contributed by atoms with Gasteiger partial charge in [0.15, 0.2) is 5.82 Å². The number of carbonyl (C=O) groups excluding carboxylic acids is 4. The number of aliphatic hydroxyl groups excluding tert-OH is 1. The number of nitrogens with zero attached hydrogens (tertiary/aromatic N) is 3. The highest BCUT2D eigenvalue weighted by molar-refractivity contribution is 6.33. The third-order valence-corrected chi connectivity index (χ3v) is 12.7. The first kappa shape index (κ1) is 37.5. The Kier molecular flexibility index (Phi) is 9.70. The number of fused-ring (bicyclic) bond motifs is 4. The molecule has 0 spiro atoms. The van der Waals surface area contributed by atoms with Crippen LogP contribution in [-0.4, -0.2) is 62.9 Å². The summed E-state index contributed by atoms with van der Waals surface area (Å²) in [6.45, 7) is -0.376. The Morgan fingerprint density at radius 3 is 2.36 bits per heavy atom. The predicted octanol–water partition coefficient (Wildman–Crippen LogP) is 7.10. The minimum Gasteiger partial charge on any atom is -0.491 e. The number of hydrazine groups is 1. The molecule has 55 heavy (non-hydrogen) atoms. The summed E-state index contributed by atoms with van der Waals surface area (Å²) in [4.78, 5) is 64.3. The van der Waals surface area contributed by atoms with Crippen LogP contribution in [0, 0.1) is 23.7 Å². The largest absolute Gasteiger partial charge is 0.491 e. The lowest BCUT2D eigenvalue weighted by Crippen LogP contribution is -2.53. The first-order chi connectivity index (χ1) is 26.4. The molecule has 2 aromatic carbocycles. The number of imide groups is 2. The monoisotopic (exact) mass is 796 g/mol. The van der Waals surface area contributed by atoms with Crippen molar-refractivity contribution in [2.45, 2.75) is 68.5 Å². The summed E-state index contributed by atoms with van der Waals surface area (Å²) < 4.78 is 46.6. The molecule has 6 unspecified atom stereocenters. The topological polar surface area (TPSA) is 129 Å². The van der Waals surface area contributed by atoms with Gasteiger partial charge in [-0.2, -0.15) is 18.2 Å². The zero-order valence-electron chi connectivity index (χ0n) is 29.4. The van der Waals surface area contributed by atoms with E-state index in [1.54, 1.807) is 48.5 Å². The Bertz CT molecular complexity index is 2090. The molecule has 8 rings (SSSR count). The van der Waals surface area contributed by atoms with Gasteiger partial charge in [0, 0.05) is 28.7 Å². The van der Waals surface area contributed by atoms with Crippen LogP contribution in [0.3, 0.4) is 0 Å². The van der Waals surface area contributed by atoms with Crippen molar-refractivity contribution in [2.24, 2.45) is 23.7 Å². The molecule has 0 radical (unpaired) electrons. The van der Waals surface area contributed by atoms with Crippen molar-refractivity contribution in [2.75, 3.05) is 18.6 Å². The number of alkyl halides is 3. The van der Waals surface area contributed by atoms with Gasteiger partial charge in [-0.05, 0) is 61.4 Å². The number of allylic oxidation sites excluding steroid dienone is 2. The summed E-state index contributed by atoms with van der Waals surface area (Å²) in [6.07, 6.45) is 2.34. The molecule has 2 saturated carbocycles. The molecular weight excluding hydrogens is 760 g/mol. The number of likely N-dealkylation sites (tertiary alicyclic amines) is 1. The molecule has 2 N–H and O–H groups in total. The second-order valence-corrected chi connectivity index (χ2v) is 15.7. The molecule has 4 amide bonds. The lowest BCUT2D eigenvalue weighted by Gasteiger charge is -2.50. The van der Waals surface area contributed by atoms with E-state index in [0.29, 0.717) is 39.7 Å². The number of hydrogen-bond donors (Lipinski definition) is 2.